The predicted octanol–water partition coefficient (Wildman–Crippen LogP) is 1.78. The van der Waals surface area contributed by atoms with Crippen molar-refractivity contribution in [1.82, 2.24) is 20.7 Å². The zero-order chi connectivity index (χ0) is 25.8. The number of hydrogen-bond acceptors (Lipinski definition) is 7. The van der Waals surface area contributed by atoms with Gasteiger partial charge in [0.05, 0.1) is 24.7 Å². The number of aromatic nitrogens is 1. The second kappa shape index (κ2) is 10.8. The van der Waals surface area contributed by atoms with Crippen LogP contribution in [0.25, 0.3) is 0 Å². The topological polar surface area (TPSA) is 129 Å². The van der Waals surface area contributed by atoms with Crippen LogP contribution in [-0.2, 0) is 9.59 Å². The maximum atomic E-state index is 14.1. The Balaban J connectivity index is 1.45. The summed E-state index contributed by atoms with van der Waals surface area (Å²) in [7, 11) is 0. The summed E-state index contributed by atoms with van der Waals surface area (Å²) in [5.41, 5.74) is 0.416. The van der Waals surface area contributed by atoms with E-state index in [2.05, 4.69) is 25.8 Å². The van der Waals surface area contributed by atoms with Crippen LogP contribution in [0.4, 0.5) is 8.78 Å². The highest BCUT2D eigenvalue weighted by atomic mass is 19.1. The third kappa shape index (κ3) is 5.81. The van der Waals surface area contributed by atoms with E-state index >= 15 is 0 Å². The zero-order valence-corrected chi connectivity index (χ0v) is 19.9. The molecule has 12 heteroatoms. The van der Waals surface area contributed by atoms with Gasteiger partial charge in [0.25, 0.3) is 5.91 Å². The van der Waals surface area contributed by atoms with Crippen molar-refractivity contribution in [3.63, 3.8) is 0 Å². The number of carbonyl (C=O) groups is 3. The quantitative estimate of drug-likeness (QED) is 0.571. The van der Waals surface area contributed by atoms with Crippen molar-refractivity contribution in [2.45, 2.75) is 45.2 Å². The summed E-state index contributed by atoms with van der Waals surface area (Å²) in [5.74, 6) is -2.30. The number of hydrogen-bond donors (Lipinski definition) is 2. The molecule has 2 aliphatic heterocycles. The number of carbonyl (C=O) groups excluding carboxylic acids is 3. The molecule has 36 heavy (non-hydrogen) atoms. The summed E-state index contributed by atoms with van der Waals surface area (Å²) in [5, 5.41) is 8.93. The molecular weight excluding hydrogens is 474 g/mol. The van der Waals surface area contributed by atoms with Gasteiger partial charge in [0.1, 0.15) is 29.3 Å². The van der Waals surface area contributed by atoms with Crippen LogP contribution in [0.3, 0.4) is 0 Å². The molecule has 190 valence electrons. The van der Waals surface area contributed by atoms with Crippen LogP contribution in [0.5, 0.6) is 0 Å². The van der Waals surface area contributed by atoms with E-state index in [4.69, 9.17) is 4.52 Å². The van der Waals surface area contributed by atoms with E-state index < -0.39 is 35.5 Å². The fourth-order valence-corrected chi connectivity index (χ4v) is 4.03. The summed E-state index contributed by atoms with van der Waals surface area (Å²) in [4.78, 5) is 48.7. The van der Waals surface area contributed by atoms with Gasteiger partial charge in [-0.05, 0) is 38.8 Å². The molecule has 0 aliphatic carbocycles. The van der Waals surface area contributed by atoms with Gasteiger partial charge in [0, 0.05) is 30.8 Å². The first-order chi connectivity index (χ1) is 17.2. The molecule has 3 heterocycles. The number of benzene rings is 1. The molecule has 2 aromatic rings. The van der Waals surface area contributed by atoms with E-state index in [1.807, 2.05) is 0 Å². The van der Waals surface area contributed by atoms with E-state index in [1.165, 1.54) is 12.1 Å². The molecule has 0 radical (unpaired) electrons. The Morgan fingerprint density at radius 2 is 1.89 bits per heavy atom. The normalized spacial score (nSPS) is 16.8. The van der Waals surface area contributed by atoms with E-state index in [-0.39, 0.29) is 36.0 Å². The zero-order valence-electron chi connectivity index (χ0n) is 19.9. The smallest absolute Gasteiger partial charge is 0.274 e. The average Bonchev–Trinajstić information content (AvgIpc) is 3.60. The highest BCUT2D eigenvalue weighted by Crippen LogP contribution is 2.15. The number of amides is 3. The Labute approximate surface area is 205 Å². The van der Waals surface area contributed by atoms with Crippen LogP contribution in [0.15, 0.2) is 38.8 Å². The number of nitrogens with zero attached hydrogens (tertiary/aromatic N) is 4. The molecule has 0 saturated carbocycles. The number of rotatable bonds is 8. The van der Waals surface area contributed by atoms with Crippen molar-refractivity contribution in [3.8, 4) is 0 Å². The minimum Gasteiger partial charge on any atom is -0.361 e. The largest absolute Gasteiger partial charge is 0.361 e. The molecule has 2 atom stereocenters. The van der Waals surface area contributed by atoms with Gasteiger partial charge >= 0.3 is 0 Å². The predicted molar refractivity (Wildman–Crippen MR) is 126 cm³/mol. The molecule has 2 N–H and O–H groups in total. The lowest BCUT2D eigenvalue weighted by atomic mass is 10.1. The average molecular weight is 501 g/mol. The lowest BCUT2D eigenvalue weighted by Crippen LogP contribution is -2.52. The Kier molecular flexibility index (Phi) is 7.51. The Morgan fingerprint density at radius 3 is 2.56 bits per heavy atom. The van der Waals surface area contributed by atoms with E-state index in [0.29, 0.717) is 24.6 Å². The minimum absolute atomic E-state index is 0.0114. The van der Waals surface area contributed by atoms with E-state index in [9.17, 15) is 23.2 Å². The van der Waals surface area contributed by atoms with Crippen LogP contribution in [0.1, 0.15) is 48.0 Å². The van der Waals surface area contributed by atoms with Crippen molar-refractivity contribution in [3.05, 3.63) is 52.9 Å². The number of likely N-dealkylation sites (tertiary alicyclic amines) is 1. The summed E-state index contributed by atoms with van der Waals surface area (Å²) in [6, 6.07) is 2.73. The van der Waals surface area contributed by atoms with Crippen LogP contribution >= 0.6 is 0 Å². The van der Waals surface area contributed by atoms with Gasteiger partial charge in [0.15, 0.2) is 5.69 Å². The number of halogens is 2. The lowest BCUT2D eigenvalue weighted by molar-refractivity contribution is -0.134. The monoisotopic (exact) mass is 500 g/mol. The fraction of sp³-hybridized carbons (Fsp3) is 0.417. The molecule has 4 rings (SSSR count). The standard InChI is InChI=1S/C24H26F2N6O4/c1-13-9-19(31-36-13)24(35)30-18(11-21(33)32-7-3-4-8-32)23(34)28-14(2)22-27-12-20(29-22)16-6-5-15(25)10-17(16)26/h5-6,9-10,14,18H,3-4,7-8,11-12H2,1-2H3,(H,28,34)(H,30,35)/t14-,18-/m0/s1. The third-order valence-electron chi connectivity index (χ3n) is 5.95. The maximum absolute atomic E-state index is 14.1. The first-order valence-corrected chi connectivity index (χ1v) is 11.6. The number of aryl methyl sites for hydroxylation is 1. The van der Waals surface area contributed by atoms with Crippen LogP contribution < -0.4 is 10.6 Å². The molecule has 0 spiro atoms. The van der Waals surface area contributed by atoms with Crippen LogP contribution in [-0.4, -0.2) is 71.0 Å². The summed E-state index contributed by atoms with van der Waals surface area (Å²) in [6.45, 7) is 4.54. The summed E-state index contributed by atoms with van der Waals surface area (Å²) < 4.78 is 32.3. The second-order valence-electron chi connectivity index (χ2n) is 8.73. The maximum Gasteiger partial charge on any atom is 0.274 e. The van der Waals surface area contributed by atoms with Gasteiger partial charge in [-0.3, -0.25) is 19.4 Å². The molecule has 0 unspecified atom stereocenters. The molecule has 2 aliphatic rings. The van der Waals surface area contributed by atoms with E-state index in [0.717, 1.165) is 25.0 Å². The second-order valence-corrected chi connectivity index (χ2v) is 8.73. The van der Waals surface area contributed by atoms with Gasteiger partial charge in [-0.15, -0.1) is 0 Å². The van der Waals surface area contributed by atoms with Crippen molar-refractivity contribution in [2.24, 2.45) is 9.98 Å². The Bertz CT molecular complexity index is 1230. The van der Waals surface area contributed by atoms with Gasteiger partial charge < -0.3 is 20.1 Å². The third-order valence-corrected chi connectivity index (χ3v) is 5.95. The lowest BCUT2D eigenvalue weighted by Gasteiger charge is -2.23. The Hall–Kier alpha value is -3.96. The van der Waals surface area contributed by atoms with Crippen LogP contribution in [0.2, 0.25) is 0 Å². The minimum atomic E-state index is -1.18. The SMILES string of the molecule is Cc1cc(C(=O)N[C@@H](CC(=O)N2CCCC2)C(=O)N[C@@H](C)C2=NCC(c3ccc(F)cc3F)=N2)no1. The Morgan fingerprint density at radius 1 is 1.14 bits per heavy atom. The van der Waals surface area contributed by atoms with E-state index in [1.54, 1.807) is 18.7 Å². The fourth-order valence-electron chi connectivity index (χ4n) is 4.03. The molecule has 10 nitrogen and oxygen atoms in total. The number of aliphatic imine (C=N–C) groups is 2. The molecule has 0 bridgehead atoms. The van der Waals surface area contributed by atoms with Gasteiger partial charge in [-0.25, -0.2) is 13.8 Å². The van der Waals surface area contributed by atoms with Gasteiger partial charge in [0.2, 0.25) is 11.8 Å². The van der Waals surface area contributed by atoms with Crippen molar-refractivity contribution in [2.75, 3.05) is 19.6 Å². The highest BCUT2D eigenvalue weighted by molar-refractivity contribution is 6.14. The summed E-state index contributed by atoms with van der Waals surface area (Å²) >= 11 is 0. The molecule has 1 aromatic heterocycles. The molecule has 1 fully saturated rings. The molecule has 3 amide bonds. The first kappa shape index (κ1) is 25.1. The van der Waals surface area contributed by atoms with Crippen molar-refractivity contribution >= 4 is 29.3 Å². The van der Waals surface area contributed by atoms with Gasteiger partial charge in [-0.1, -0.05) is 5.16 Å². The first-order valence-electron chi connectivity index (χ1n) is 11.6. The van der Waals surface area contributed by atoms with Crippen molar-refractivity contribution < 1.29 is 27.7 Å². The molecule has 1 saturated heterocycles. The van der Waals surface area contributed by atoms with Crippen molar-refractivity contribution in [1.29, 1.82) is 0 Å². The highest BCUT2D eigenvalue weighted by Gasteiger charge is 2.30. The molecule has 1 aromatic carbocycles. The summed E-state index contributed by atoms with van der Waals surface area (Å²) in [6.07, 6.45) is 1.54. The van der Waals surface area contributed by atoms with Gasteiger partial charge in [-0.2, -0.15) is 0 Å². The number of amidine groups is 1. The molecular formula is C24H26F2N6O4. The van der Waals surface area contributed by atoms with Crippen LogP contribution in [0, 0.1) is 18.6 Å². The number of nitrogens with one attached hydrogen (secondary N) is 2.